The summed E-state index contributed by atoms with van der Waals surface area (Å²) in [7, 11) is 1.35. The number of carbonyl (C=O) groups is 1. The Morgan fingerprint density at radius 3 is 2.55 bits per heavy atom. The van der Waals surface area contributed by atoms with E-state index in [1.54, 1.807) is 0 Å². The minimum atomic E-state index is -4.55. The number of ether oxygens (including phenoxy) is 1. The van der Waals surface area contributed by atoms with Gasteiger partial charge in [0.2, 0.25) is 0 Å². The molecule has 112 valence electrons. The van der Waals surface area contributed by atoms with E-state index in [0.717, 1.165) is 0 Å². The van der Waals surface area contributed by atoms with Crippen LogP contribution in [-0.2, 0) is 0 Å². The first-order valence-electron chi connectivity index (χ1n) is 5.68. The van der Waals surface area contributed by atoms with Crippen molar-refractivity contribution in [1.82, 2.24) is 4.90 Å². The number of nitrogen functional groups attached to an aromatic ring is 1. The molecule has 0 aromatic heterocycles. The number of alkyl halides is 3. The second-order valence-corrected chi connectivity index (χ2v) is 4.06. The number of amides is 1. The highest BCUT2D eigenvalue weighted by Gasteiger charge is 2.33. The minimum absolute atomic E-state index is 0.0282. The molecule has 8 heteroatoms. The molecule has 0 heterocycles. The van der Waals surface area contributed by atoms with Crippen molar-refractivity contribution in [2.45, 2.75) is 6.18 Å². The number of aliphatic hydroxyl groups excluding tert-OH is 1. The molecule has 20 heavy (non-hydrogen) atoms. The Bertz CT molecular complexity index is 478. The molecule has 0 atom stereocenters. The van der Waals surface area contributed by atoms with E-state index in [1.165, 1.54) is 25.3 Å². The van der Waals surface area contributed by atoms with Gasteiger partial charge in [-0.25, -0.2) is 0 Å². The van der Waals surface area contributed by atoms with Gasteiger partial charge in [0.05, 0.1) is 13.7 Å². The third-order valence-electron chi connectivity index (χ3n) is 2.44. The number of benzene rings is 1. The Labute approximate surface area is 113 Å². The van der Waals surface area contributed by atoms with Gasteiger partial charge >= 0.3 is 6.18 Å². The number of hydrogen-bond acceptors (Lipinski definition) is 4. The molecule has 3 N–H and O–H groups in total. The average Bonchev–Trinajstić information content (AvgIpc) is 2.35. The molecular formula is C12H15F3N2O3. The lowest BCUT2D eigenvalue weighted by Crippen LogP contribution is -2.40. The highest BCUT2D eigenvalue weighted by molar-refractivity contribution is 5.95. The Morgan fingerprint density at radius 1 is 1.40 bits per heavy atom. The van der Waals surface area contributed by atoms with E-state index in [9.17, 15) is 18.0 Å². The van der Waals surface area contributed by atoms with Crippen molar-refractivity contribution in [3.8, 4) is 5.75 Å². The number of nitrogens with two attached hydrogens (primary N) is 1. The van der Waals surface area contributed by atoms with Crippen molar-refractivity contribution in [3.05, 3.63) is 23.8 Å². The number of methoxy groups -OCH3 is 1. The molecule has 0 aliphatic rings. The number of halogens is 3. The number of hydrogen-bond donors (Lipinski definition) is 2. The standard InChI is InChI=1S/C12H15F3N2O3/c1-20-10-5-8(4-9(16)6-10)11(19)17(2-3-18)7-12(13,14)15/h4-6,18H,2-3,7,16H2,1H3. The molecule has 0 saturated carbocycles. The van der Waals surface area contributed by atoms with Crippen LogP contribution >= 0.6 is 0 Å². The highest BCUT2D eigenvalue weighted by atomic mass is 19.4. The van der Waals surface area contributed by atoms with Crippen molar-refractivity contribution in [2.24, 2.45) is 0 Å². The van der Waals surface area contributed by atoms with Crippen LogP contribution < -0.4 is 10.5 Å². The fourth-order valence-corrected chi connectivity index (χ4v) is 1.64. The lowest BCUT2D eigenvalue weighted by Gasteiger charge is -2.23. The van der Waals surface area contributed by atoms with Crippen LogP contribution in [0.2, 0.25) is 0 Å². The second-order valence-electron chi connectivity index (χ2n) is 4.06. The van der Waals surface area contributed by atoms with Crippen molar-refractivity contribution in [1.29, 1.82) is 0 Å². The summed E-state index contributed by atoms with van der Waals surface area (Å²) in [6.07, 6.45) is -4.55. The maximum Gasteiger partial charge on any atom is 0.406 e. The van der Waals surface area contributed by atoms with Crippen LogP contribution in [0.1, 0.15) is 10.4 Å². The van der Waals surface area contributed by atoms with Crippen molar-refractivity contribution in [3.63, 3.8) is 0 Å². The van der Waals surface area contributed by atoms with Crippen LogP contribution in [0.5, 0.6) is 5.75 Å². The van der Waals surface area contributed by atoms with Crippen molar-refractivity contribution >= 4 is 11.6 Å². The van der Waals surface area contributed by atoms with E-state index < -0.39 is 31.8 Å². The van der Waals surface area contributed by atoms with Gasteiger partial charge in [-0.1, -0.05) is 0 Å². The second kappa shape index (κ2) is 6.47. The number of anilines is 1. The van der Waals surface area contributed by atoms with E-state index in [1.807, 2.05) is 0 Å². The van der Waals surface area contributed by atoms with Gasteiger partial charge in [-0.2, -0.15) is 13.2 Å². The van der Waals surface area contributed by atoms with Gasteiger partial charge in [-0.05, 0) is 12.1 Å². The first-order valence-corrected chi connectivity index (χ1v) is 5.68. The fraction of sp³-hybridized carbons (Fsp3) is 0.417. The highest BCUT2D eigenvalue weighted by Crippen LogP contribution is 2.22. The number of rotatable bonds is 5. The molecule has 1 rings (SSSR count). The number of nitrogens with zero attached hydrogens (tertiary/aromatic N) is 1. The zero-order chi connectivity index (χ0) is 15.3. The third kappa shape index (κ3) is 4.61. The zero-order valence-corrected chi connectivity index (χ0v) is 10.8. The first kappa shape index (κ1) is 16.1. The molecule has 0 aliphatic heterocycles. The molecule has 1 aromatic carbocycles. The summed E-state index contributed by atoms with van der Waals surface area (Å²) in [5.41, 5.74) is 5.72. The summed E-state index contributed by atoms with van der Waals surface area (Å²) in [4.78, 5) is 12.5. The van der Waals surface area contributed by atoms with Crippen molar-refractivity contribution < 1.29 is 27.8 Å². The molecule has 0 fully saturated rings. The summed E-state index contributed by atoms with van der Waals surface area (Å²) >= 11 is 0. The van der Waals surface area contributed by atoms with E-state index in [4.69, 9.17) is 15.6 Å². The Balaban J connectivity index is 3.02. The van der Waals surface area contributed by atoms with E-state index in [0.29, 0.717) is 4.90 Å². The predicted molar refractivity (Wildman–Crippen MR) is 66.5 cm³/mol. The molecular weight excluding hydrogens is 277 g/mol. The summed E-state index contributed by atoms with van der Waals surface area (Å²) < 4.78 is 42.1. The molecule has 0 bridgehead atoms. The fourth-order valence-electron chi connectivity index (χ4n) is 1.64. The normalized spacial score (nSPS) is 11.2. The zero-order valence-electron chi connectivity index (χ0n) is 10.8. The Morgan fingerprint density at radius 2 is 2.05 bits per heavy atom. The number of aliphatic hydroxyl groups is 1. The molecule has 0 radical (unpaired) electrons. The van der Waals surface area contributed by atoms with Gasteiger partial charge in [0.1, 0.15) is 12.3 Å². The van der Waals surface area contributed by atoms with Crippen LogP contribution in [0, 0.1) is 0 Å². The van der Waals surface area contributed by atoms with Crippen molar-refractivity contribution in [2.75, 3.05) is 32.5 Å². The minimum Gasteiger partial charge on any atom is -0.497 e. The van der Waals surface area contributed by atoms with Gasteiger partial charge < -0.3 is 20.5 Å². The van der Waals surface area contributed by atoms with Gasteiger partial charge in [-0.15, -0.1) is 0 Å². The van der Waals surface area contributed by atoms with Gasteiger partial charge in [0, 0.05) is 23.9 Å². The monoisotopic (exact) mass is 292 g/mol. The van der Waals surface area contributed by atoms with Crippen LogP contribution in [0.25, 0.3) is 0 Å². The van der Waals surface area contributed by atoms with Crippen LogP contribution in [0.4, 0.5) is 18.9 Å². The van der Waals surface area contributed by atoms with E-state index >= 15 is 0 Å². The predicted octanol–water partition coefficient (Wildman–Crippen LogP) is 1.27. The van der Waals surface area contributed by atoms with Gasteiger partial charge in [0.15, 0.2) is 0 Å². The average molecular weight is 292 g/mol. The van der Waals surface area contributed by atoms with Crippen LogP contribution in [0.3, 0.4) is 0 Å². The Kier molecular flexibility index (Phi) is 5.20. The molecule has 1 aromatic rings. The van der Waals surface area contributed by atoms with Crippen LogP contribution in [0.15, 0.2) is 18.2 Å². The third-order valence-corrected chi connectivity index (χ3v) is 2.44. The van der Waals surface area contributed by atoms with E-state index in [-0.39, 0.29) is 17.0 Å². The first-order chi connectivity index (χ1) is 9.26. The smallest absolute Gasteiger partial charge is 0.406 e. The molecule has 0 saturated heterocycles. The summed E-state index contributed by atoms with van der Waals surface area (Å²) in [5, 5.41) is 8.77. The molecule has 0 unspecified atom stereocenters. The number of carbonyl (C=O) groups excluding carboxylic acids is 1. The SMILES string of the molecule is COc1cc(N)cc(C(=O)N(CCO)CC(F)(F)F)c1. The molecule has 1 amide bonds. The summed E-state index contributed by atoms with van der Waals surface area (Å²) in [6.45, 7) is -2.43. The maximum absolute atomic E-state index is 12.4. The molecule has 5 nitrogen and oxygen atoms in total. The van der Waals surface area contributed by atoms with Gasteiger partial charge in [0.25, 0.3) is 5.91 Å². The van der Waals surface area contributed by atoms with E-state index in [2.05, 4.69) is 0 Å². The topological polar surface area (TPSA) is 75.8 Å². The lowest BCUT2D eigenvalue weighted by atomic mass is 10.1. The van der Waals surface area contributed by atoms with Gasteiger partial charge in [-0.3, -0.25) is 4.79 Å². The quantitative estimate of drug-likeness (QED) is 0.801. The Hall–Kier alpha value is -1.96. The largest absolute Gasteiger partial charge is 0.497 e. The molecule has 0 aliphatic carbocycles. The lowest BCUT2D eigenvalue weighted by molar-refractivity contribution is -0.141. The van der Waals surface area contributed by atoms with Crippen LogP contribution in [-0.4, -0.2) is 48.9 Å². The summed E-state index contributed by atoms with van der Waals surface area (Å²) in [5.74, 6) is -0.605. The molecule has 0 spiro atoms. The summed E-state index contributed by atoms with van der Waals surface area (Å²) in [6, 6.07) is 3.99. The maximum atomic E-state index is 12.4.